The van der Waals surface area contributed by atoms with Gasteiger partial charge in [-0.3, -0.25) is 4.79 Å². The highest BCUT2D eigenvalue weighted by molar-refractivity contribution is 9.10. The molecule has 94 valence electrons. The van der Waals surface area contributed by atoms with Gasteiger partial charge in [0.1, 0.15) is 0 Å². The number of rotatable bonds is 3. The minimum atomic E-state index is -0.230. The Bertz CT molecular complexity index is 565. The van der Waals surface area contributed by atoms with Gasteiger partial charge in [-0.05, 0) is 19.1 Å². The first-order valence-electron chi connectivity index (χ1n) is 5.33. The van der Waals surface area contributed by atoms with Crippen LogP contribution in [0.5, 0.6) is 0 Å². The summed E-state index contributed by atoms with van der Waals surface area (Å²) in [5, 5.41) is 3.25. The van der Waals surface area contributed by atoms with Crippen molar-refractivity contribution < 1.29 is 4.79 Å². The summed E-state index contributed by atoms with van der Waals surface area (Å²) in [6, 6.07) is 7.90. The summed E-state index contributed by atoms with van der Waals surface area (Å²) in [6.07, 6.45) is 0. The fourth-order valence-electron chi connectivity index (χ4n) is 1.50. The predicted octanol–water partition coefficient (Wildman–Crippen LogP) is 2.78. The summed E-state index contributed by atoms with van der Waals surface area (Å²) in [7, 11) is 0. The lowest BCUT2D eigenvalue weighted by Gasteiger charge is -1.99. The lowest BCUT2D eigenvalue weighted by molar-refractivity contribution is -0.114. The third-order valence-electron chi connectivity index (χ3n) is 2.35. The van der Waals surface area contributed by atoms with Crippen LogP contribution in [0.1, 0.15) is 4.88 Å². The van der Waals surface area contributed by atoms with E-state index in [2.05, 4.69) is 26.2 Å². The van der Waals surface area contributed by atoms with E-state index < -0.39 is 0 Å². The van der Waals surface area contributed by atoms with Crippen LogP contribution in [-0.2, 0) is 4.79 Å². The zero-order valence-corrected chi connectivity index (χ0v) is 12.1. The molecule has 0 fully saturated rings. The maximum absolute atomic E-state index is 11.2. The second-order valence-corrected chi connectivity index (χ2v) is 5.80. The number of hydrogen-bond donors (Lipinski definition) is 2. The van der Waals surface area contributed by atoms with Gasteiger partial charge in [0.25, 0.3) is 0 Å². The molecule has 0 spiro atoms. The second kappa shape index (κ2) is 5.60. The average Bonchev–Trinajstić information content (AvgIpc) is 2.71. The van der Waals surface area contributed by atoms with Gasteiger partial charge in [0.15, 0.2) is 5.13 Å². The topological polar surface area (TPSA) is 68.0 Å². The van der Waals surface area contributed by atoms with Crippen molar-refractivity contribution in [2.75, 3.05) is 11.9 Å². The monoisotopic (exact) mass is 325 g/mol. The van der Waals surface area contributed by atoms with E-state index in [1.165, 1.54) is 11.3 Å². The molecule has 6 heteroatoms. The predicted molar refractivity (Wildman–Crippen MR) is 77.7 cm³/mol. The van der Waals surface area contributed by atoms with Gasteiger partial charge in [0.2, 0.25) is 5.91 Å². The minimum absolute atomic E-state index is 0.0355. The molecule has 0 aliphatic rings. The fraction of sp³-hybridized carbons (Fsp3) is 0.167. The van der Waals surface area contributed by atoms with Crippen LogP contribution < -0.4 is 11.1 Å². The van der Waals surface area contributed by atoms with Crippen molar-refractivity contribution >= 4 is 38.3 Å². The second-order valence-electron chi connectivity index (χ2n) is 3.68. The quantitative estimate of drug-likeness (QED) is 0.911. The van der Waals surface area contributed by atoms with Gasteiger partial charge < -0.3 is 11.1 Å². The number of carbonyl (C=O) groups excluding carboxylic acids is 1. The van der Waals surface area contributed by atoms with Crippen LogP contribution in [0.4, 0.5) is 5.13 Å². The zero-order chi connectivity index (χ0) is 13.1. The molecule has 1 heterocycles. The number of benzene rings is 1. The summed E-state index contributed by atoms with van der Waals surface area (Å²) in [6.45, 7) is 1.94. The van der Waals surface area contributed by atoms with E-state index in [0.29, 0.717) is 5.13 Å². The van der Waals surface area contributed by atoms with E-state index in [1.807, 2.05) is 31.2 Å². The van der Waals surface area contributed by atoms with E-state index in [4.69, 9.17) is 5.73 Å². The van der Waals surface area contributed by atoms with Gasteiger partial charge in [0, 0.05) is 14.9 Å². The third-order valence-corrected chi connectivity index (χ3v) is 3.76. The number of nitrogens with zero attached hydrogens (tertiary/aromatic N) is 1. The van der Waals surface area contributed by atoms with Crippen molar-refractivity contribution in [2.24, 2.45) is 5.73 Å². The molecule has 2 rings (SSSR count). The largest absolute Gasteiger partial charge is 0.322 e. The number of anilines is 1. The summed E-state index contributed by atoms with van der Waals surface area (Å²) >= 11 is 4.84. The molecule has 0 aliphatic carbocycles. The molecule has 0 bridgehead atoms. The van der Waals surface area contributed by atoms with E-state index >= 15 is 0 Å². The number of hydrogen-bond acceptors (Lipinski definition) is 4. The Morgan fingerprint density at radius 1 is 1.44 bits per heavy atom. The molecule has 0 aliphatic heterocycles. The van der Waals surface area contributed by atoms with Crippen molar-refractivity contribution in [1.82, 2.24) is 4.98 Å². The number of aromatic nitrogens is 1. The Kier molecular flexibility index (Phi) is 4.11. The molecular formula is C12H12BrN3OS. The number of thiazole rings is 1. The maximum atomic E-state index is 11.2. The number of halogens is 1. The Morgan fingerprint density at radius 3 is 2.72 bits per heavy atom. The van der Waals surface area contributed by atoms with Gasteiger partial charge in [-0.25, -0.2) is 4.98 Å². The first-order valence-corrected chi connectivity index (χ1v) is 6.94. The SMILES string of the molecule is Cc1sc(NC(=O)CN)nc1-c1ccc(Br)cc1. The molecule has 0 saturated heterocycles. The highest BCUT2D eigenvalue weighted by atomic mass is 79.9. The highest BCUT2D eigenvalue weighted by Crippen LogP contribution is 2.30. The van der Waals surface area contributed by atoms with Crippen LogP contribution in [0, 0.1) is 6.92 Å². The van der Waals surface area contributed by atoms with Gasteiger partial charge >= 0.3 is 0 Å². The standard InChI is InChI=1S/C12H12BrN3OS/c1-7-11(8-2-4-9(13)5-3-8)16-12(18-7)15-10(17)6-14/h2-5H,6,14H2,1H3,(H,15,16,17). The van der Waals surface area contributed by atoms with Crippen molar-refractivity contribution in [2.45, 2.75) is 6.92 Å². The Morgan fingerprint density at radius 2 is 2.11 bits per heavy atom. The molecule has 0 radical (unpaired) electrons. The minimum Gasteiger partial charge on any atom is -0.322 e. The number of nitrogens with one attached hydrogen (secondary N) is 1. The molecule has 2 aromatic rings. The molecule has 18 heavy (non-hydrogen) atoms. The van der Waals surface area contributed by atoms with Crippen LogP contribution in [0.2, 0.25) is 0 Å². The fourth-order valence-corrected chi connectivity index (χ4v) is 2.61. The summed E-state index contributed by atoms with van der Waals surface area (Å²) in [5.74, 6) is -0.230. The molecule has 1 amide bonds. The van der Waals surface area contributed by atoms with Crippen LogP contribution in [-0.4, -0.2) is 17.4 Å². The van der Waals surface area contributed by atoms with Gasteiger partial charge in [-0.15, -0.1) is 11.3 Å². The van der Waals surface area contributed by atoms with Crippen LogP contribution in [0.15, 0.2) is 28.7 Å². The number of carbonyl (C=O) groups is 1. The van der Waals surface area contributed by atoms with Crippen molar-refractivity contribution in [3.63, 3.8) is 0 Å². The van der Waals surface area contributed by atoms with Gasteiger partial charge in [-0.2, -0.15) is 0 Å². The summed E-state index contributed by atoms with van der Waals surface area (Å²) in [5.41, 5.74) is 7.17. The lowest BCUT2D eigenvalue weighted by atomic mass is 10.1. The van der Waals surface area contributed by atoms with E-state index in [9.17, 15) is 4.79 Å². The van der Waals surface area contributed by atoms with Crippen LogP contribution in [0.25, 0.3) is 11.3 Å². The summed E-state index contributed by atoms with van der Waals surface area (Å²) in [4.78, 5) is 16.7. The smallest absolute Gasteiger partial charge is 0.239 e. The van der Waals surface area contributed by atoms with Gasteiger partial charge in [-0.1, -0.05) is 28.1 Å². The maximum Gasteiger partial charge on any atom is 0.239 e. The van der Waals surface area contributed by atoms with Crippen molar-refractivity contribution in [3.05, 3.63) is 33.6 Å². The van der Waals surface area contributed by atoms with E-state index in [-0.39, 0.29) is 12.5 Å². The Hall–Kier alpha value is -1.24. The van der Waals surface area contributed by atoms with Crippen LogP contribution in [0.3, 0.4) is 0 Å². The molecular weight excluding hydrogens is 314 g/mol. The molecule has 3 N–H and O–H groups in total. The van der Waals surface area contributed by atoms with E-state index in [1.54, 1.807) is 0 Å². The average molecular weight is 326 g/mol. The normalized spacial score (nSPS) is 10.4. The van der Waals surface area contributed by atoms with Crippen molar-refractivity contribution in [1.29, 1.82) is 0 Å². The van der Waals surface area contributed by atoms with E-state index in [0.717, 1.165) is 20.6 Å². The summed E-state index contributed by atoms with van der Waals surface area (Å²) < 4.78 is 1.02. The molecule has 4 nitrogen and oxygen atoms in total. The highest BCUT2D eigenvalue weighted by Gasteiger charge is 2.11. The number of amides is 1. The molecule has 1 aromatic heterocycles. The molecule has 0 unspecified atom stereocenters. The molecule has 1 aromatic carbocycles. The number of aryl methyl sites for hydroxylation is 1. The number of nitrogens with two attached hydrogens (primary N) is 1. The molecule has 0 saturated carbocycles. The first kappa shape index (κ1) is 13.2. The first-order chi connectivity index (χ1) is 8.60. The third kappa shape index (κ3) is 2.95. The Balaban J connectivity index is 2.29. The van der Waals surface area contributed by atoms with Crippen LogP contribution >= 0.6 is 27.3 Å². The zero-order valence-electron chi connectivity index (χ0n) is 9.74. The lowest BCUT2D eigenvalue weighted by Crippen LogP contribution is -2.21. The van der Waals surface area contributed by atoms with Gasteiger partial charge in [0.05, 0.1) is 12.2 Å². The van der Waals surface area contributed by atoms with Crippen molar-refractivity contribution in [3.8, 4) is 11.3 Å². The molecule has 0 atom stereocenters. The Labute approximate surface area is 117 Å².